The maximum Gasteiger partial charge on any atom is 0.434 e. The topological polar surface area (TPSA) is 51.5 Å². The number of aromatic nitrogens is 3. The molecule has 3 aromatic rings. The third-order valence-corrected chi connectivity index (χ3v) is 3.28. The molecule has 0 unspecified atom stereocenters. The molecule has 0 saturated carbocycles. The Hall–Kier alpha value is -2.77. The van der Waals surface area contributed by atoms with Crippen molar-refractivity contribution < 1.29 is 17.9 Å². The number of methoxy groups -OCH3 is 1. The van der Waals surface area contributed by atoms with Gasteiger partial charge in [-0.2, -0.15) is 13.2 Å². The quantitative estimate of drug-likeness (QED) is 0.800. The summed E-state index contributed by atoms with van der Waals surface area (Å²) >= 11 is 0. The highest BCUT2D eigenvalue weighted by Gasteiger charge is 2.34. The maximum atomic E-state index is 12.8. The van der Waals surface area contributed by atoms with Crippen LogP contribution in [-0.2, 0) is 12.7 Å². The van der Waals surface area contributed by atoms with E-state index in [9.17, 15) is 13.2 Å². The molecule has 23 heavy (non-hydrogen) atoms. The maximum absolute atomic E-state index is 12.8. The first-order valence-corrected chi connectivity index (χ1v) is 6.75. The van der Waals surface area contributed by atoms with Crippen molar-refractivity contribution in [1.29, 1.82) is 0 Å². The Morgan fingerprint density at radius 3 is 2.61 bits per heavy atom. The SMILES string of the molecule is COc1ccc(CNc2nccn3cc(C(F)(F)F)nc23)cc1. The van der Waals surface area contributed by atoms with Gasteiger partial charge in [0.15, 0.2) is 17.2 Å². The van der Waals surface area contributed by atoms with Gasteiger partial charge in [0.05, 0.1) is 7.11 Å². The Labute approximate surface area is 129 Å². The Morgan fingerprint density at radius 1 is 1.22 bits per heavy atom. The normalized spacial score (nSPS) is 11.7. The van der Waals surface area contributed by atoms with Crippen molar-refractivity contribution in [3.8, 4) is 5.75 Å². The van der Waals surface area contributed by atoms with Crippen molar-refractivity contribution in [1.82, 2.24) is 14.4 Å². The van der Waals surface area contributed by atoms with Crippen LogP contribution in [0.4, 0.5) is 19.0 Å². The highest BCUT2D eigenvalue weighted by Crippen LogP contribution is 2.29. The first-order chi connectivity index (χ1) is 11.0. The predicted molar refractivity (Wildman–Crippen MR) is 78.3 cm³/mol. The molecule has 120 valence electrons. The van der Waals surface area contributed by atoms with E-state index in [4.69, 9.17) is 4.74 Å². The summed E-state index contributed by atoms with van der Waals surface area (Å²) in [6.07, 6.45) is -0.698. The zero-order valence-corrected chi connectivity index (χ0v) is 12.1. The average molecular weight is 322 g/mol. The fraction of sp³-hybridized carbons (Fsp3) is 0.200. The Bertz CT molecular complexity index is 812. The van der Waals surface area contributed by atoms with Crippen LogP contribution < -0.4 is 10.1 Å². The van der Waals surface area contributed by atoms with Crippen molar-refractivity contribution in [2.24, 2.45) is 0 Å². The van der Waals surface area contributed by atoms with Crippen LogP contribution in [0.25, 0.3) is 5.65 Å². The van der Waals surface area contributed by atoms with Gasteiger partial charge in [-0.05, 0) is 17.7 Å². The van der Waals surface area contributed by atoms with E-state index in [-0.39, 0.29) is 5.65 Å². The van der Waals surface area contributed by atoms with E-state index in [2.05, 4.69) is 15.3 Å². The first-order valence-electron chi connectivity index (χ1n) is 6.75. The van der Waals surface area contributed by atoms with E-state index in [1.165, 1.54) is 16.8 Å². The van der Waals surface area contributed by atoms with Crippen LogP contribution in [0.3, 0.4) is 0 Å². The second-order valence-electron chi connectivity index (χ2n) is 4.83. The number of benzene rings is 1. The molecule has 0 saturated heterocycles. The third kappa shape index (κ3) is 3.20. The van der Waals surface area contributed by atoms with Gasteiger partial charge in [0, 0.05) is 25.1 Å². The molecule has 0 atom stereocenters. The number of nitrogens with one attached hydrogen (secondary N) is 1. The zero-order chi connectivity index (χ0) is 16.4. The molecule has 2 aromatic heterocycles. The number of hydrogen-bond donors (Lipinski definition) is 1. The van der Waals surface area contributed by atoms with Gasteiger partial charge in [0.1, 0.15) is 5.75 Å². The molecule has 0 radical (unpaired) electrons. The van der Waals surface area contributed by atoms with E-state index in [1.54, 1.807) is 7.11 Å². The molecule has 0 aliphatic heterocycles. The molecule has 2 heterocycles. The largest absolute Gasteiger partial charge is 0.497 e. The first kappa shape index (κ1) is 15.1. The fourth-order valence-electron chi connectivity index (χ4n) is 2.11. The molecule has 0 aliphatic carbocycles. The van der Waals surface area contributed by atoms with Crippen LogP contribution in [0.5, 0.6) is 5.75 Å². The lowest BCUT2D eigenvalue weighted by Gasteiger charge is -2.07. The number of fused-ring (bicyclic) bond motifs is 1. The number of ether oxygens (including phenoxy) is 1. The molecule has 1 N–H and O–H groups in total. The summed E-state index contributed by atoms with van der Waals surface area (Å²) in [6, 6.07) is 7.34. The van der Waals surface area contributed by atoms with Gasteiger partial charge in [0.2, 0.25) is 0 Å². The Kier molecular flexibility index (Phi) is 3.81. The van der Waals surface area contributed by atoms with Crippen molar-refractivity contribution in [2.45, 2.75) is 12.7 Å². The van der Waals surface area contributed by atoms with Crippen LogP contribution in [0.15, 0.2) is 42.9 Å². The number of anilines is 1. The van der Waals surface area contributed by atoms with E-state index < -0.39 is 11.9 Å². The van der Waals surface area contributed by atoms with Crippen LogP contribution >= 0.6 is 0 Å². The lowest BCUT2D eigenvalue weighted by atomic mass is 10.2. The lowest BCUT2D eigenvalue weighted by Crippen LogP contribution is -2.05. The van der Waals surface area contributed by atoms with Gasteiger partial charge in [-0.15, -0.1) is 0 Å². The number of alkyl halides is 3. The van der Waals surface area contributed by atoms with E-state index in [0.29, 0.717) is 12.4 Å². The van der Waals surface area contributed by atoms with E-state index in [1.807, 2.05) is 24.3 Å². The minimum atomic E-state index is -4.49. The standard InChI is InChI=1S/C15H13F3N4O/c1-23-11-4-2-10(3-5-11)8-20-13-14-21-12(15(16,17)18)9-22(14)7-6-19-13/h2-7,9H,8H2,1H3,(H,19,20). The number of nitrogens with zero attached hydrogens (tertiary/aromatic N) is 3. The molecular formula is C15H13F3N4O. The van der Waals surface area contributed by atoms with Gasteiger partial charge in [-0.1, -0.05) is 12.1 Å². The molecule has 3 rings (SSSR count). The third-order valence-electron chi connectivity index (χ3n) is 3.28. The predicted octanol–water partition coefficient (Wildman–Crippen LogP) is 3.37. The molecule has 5 nitrogen and oxygen atoms in total. The molecule has 0 fully saturated rings. The smallest absolute Gasteiger partial charge is 0.434 e. The van der Waals surface area contributed by atoms with Gasteiger partial charge in [-0.25, -0.2) is 9.97 Å². The van der Waals surface area contributed by atoms with Crippen molar-refractivity contribution in [3.63, 3.8) is 0 Å². The van der Waals surface area contributed by atoms with Gasteiger partial charge in [0.25, 0.3) is 0 Å². The van der Waals surface area contributed by atoms with E-state index in [0.717, 1.165) is 17.5 Å². The molecule has 8 heteroatoms. The van der Waals surface area contributed by atoms with Crippen molar-refractivity contribution in [3.05, 3.63) is 54.1 Å². The number of rotatable bonds is 4. The zero-order valence-electron chi connectivity index (χ0n) is 12.1. The summed E-state index contributed by atoms with van der Waals surface area (Å²) in [5, 5.41) is 3.00. The second-order valence-corrected chi connectivity index (χ2v) is 4.83. The molecule has 1 aromatic carbocycles. The summed E-state index contributed by atoms with van der Waals surface area (Å²) in [5.74, 6) is 1.02. The molecule has 0 spiro atoms. The van der Waals surface area contributed by atoms with Gasteiger partial charge >= 0.3 is 6.18 Å². The summed E-state index contributed by atoms with van der Waals surface area (Å²) in [4.78, 5) is 7.68. The molecule has 0 bridgehead atoms. The Morgan fingerprint density at radius 2 is 1.96 bits per heavy atom. The van der Waals surface area contributed by atoms with Crippen LogP contribution in [-0.4, -0.2) is 21.5 Å². The second kappa shape index (κ2) is 5.79. The number of hydrogen-bond acceptors (Lipinski definition) is 4. The minimum Gasteiger partial charge on any atom is -0.497 e. The number of imidazole rings is 1. The highest BCUT2D eigenvalue weighted by atomic mass is 19.4. The highest BCUT2D eigenvalue weighted by molar-refractivity contribution is 5.63. The summed E-state index contributed by atoms with van der Waals surface area (Å²) in [7, 11) is 1.58. The fourth-order valence-corrected chi connectivity index (χ4v) is 2.11. The average Bonchev–Trinajstić information content (AvgIpc) is 2.98. The monoisotopic (exact) mass is 322 g/mol. The van der Waals surface area contributed by atoms with Crippen molar-refractivity contribution in [2.75, 3.05) is 12.4 Å². The summed E-state index contributed by atoms with van der Waals surface area (Å²) < 4.78 is 44.6. The number of halogens is 3. The van der Waals surface area contributed by atoms with Crippen LogP contribution in [0, 0.1) is 0 Å². The van der Waals surface area contributed by atoms with Crippen molar-refractivity contribution >= 4 is 11.5 Å². The minimum absolute atomic E-state index is 0.133. The summed E-state index contributed by atoms with van der Waals surface area (Å²) in [6.45, 7) is 0.408. The van der Waals surface area contributed by atoms with Crippen LogP contribution in [0.2, 0.25) is 0 Å². The van der Waals surface area contributed by atoms with Gasteiger partial charge < -0.3 is 14.5 Å². The lowest BCUT2D eigenvalue weighted by molar-refractivity contribution is -0.140. The molecular weight excluding hydrogens is 309 g/mol. The molecule has 0 aliphatic rings. The van der Waals surface area contributed by atoms with Crippen LogP contribution in [0.1, 0.15) is 11.3 Å². The van der Waals surface area contributed by atoms with Gasteiger partial charge in [-0.3, -0.25) is 0 Å². The summed E-state index contributed by atoms with van der Waals surface area (Å²) in [5.41, 5.74) is 0.128. The Balaban J connectivity index is 1.83. The molecule has 0 amide bonds. The van der Waals surface area contributed by atoms with E-state index >= 15 is 0 Å².